The van der Waals surface area contributed by atoms with Crippen molar-refractivity contribution in [3.8, 4) is 11.4 Å². The summed E-state index contributed by atoms with van der Waals surface area (Å²) < 4.78 is 4.60. The SMILES string of the molecule is CN(C)C(=O)Nc1ccc(Cl)c(Cl)c1.c1cc[n+]2c(c1)-c1cccc[n+]1CC2. The Hall–Kier alpha value is -2.63. The maximum atomic E-state index is 11.2. The predicted molar refractivity (Wildman–Crippen MR) is 111 cm³/mol. The number of hydrogen-bond acceptors (Lipinski definition) is 1. The second-order valence-corrected chi connectivity index (χ2v) is 7.33. The Kier molecular flexibility index (Phi) is 6.49. The standard InChI is InChI=1S/C12H12N2.C9H10Cl2N2O/c1-3-7-13-9-10-14-8-4-2-6-12(14)11(13)5-1;1-13(2)9(14)12-6-3-4-7(10)8(11)5-6/h1-8H,9-10H2;3-5H,1-2H3,(H,12,14)/q+2;. The van der Waals surface area contributed by atoms with E-state index in [1.807, 2.05) is 0 Å². The number of aryl methyl sites for hydroxylation is 2. The molecule has 28 heavy (non-hydrogen) atoms. The van der Waals surface area contributed by atoms with E-state index in [9.17, 15) is 4.79 Å². The molecule has 0 aliphatic carbocycles. The van der Waals surface area contributed by atoms with Crippen molar-refractivity contribution in [2.45, 2.75) is 13.1 Å². The number of fused-ring (bicyclic) bond motifs is 3. The number of carbonyl (C=O) groups excluding carboxylic acids is 1. The van der Waals surface area contributed by atoms with Gasteiger partial charge in [-0.05, 0) is 30.3 Å². The highest BCUT2D eigenvalue weighted by Gasteiger charge is 2.27. The molecule has 3 aromatic rings. The maximum Gasteiger partial charge on any atom is 0.321 e. The van der Waals surface area contributed by atoms with E-state index in [4.69, 9.17) is 23.2 Å². The smallest absolute Gasteiger partial charge is 0.321 e. The Morgan fingerprint density at radius 2 is 1.46 bits per heavy atom. The molecule has 0 saturated heterocycles. The number of nitrogens with one attached hydrogen (secondary N) is 1. The zero-order valence-corrected chi connectivity index (χ0v) is 17.3. The molecule has 0 radical (unpaired) electrons. The number of aromatic nitrogens is 2. The largest absolute Gasteiger partial charge is 0.331 e. The number of halogens is 2. The average Bonchev–Trinajstić information content (AvgIpc) is 2.71. The molecule has 4 rings (SSSR count). The fourth-order valence-corrected chi connectivity index (χ4v) is 3.13. The Morgan fingerprint density at radius 1 is 0.893 bits per heavy atom. The highest BCUT2D eigenvalue weighted by Crippen LogP contribution is 2.25. The number of hydrogen-bond donors (Lipinski definition) is 1. The predicted octanol–water partition coefficient (Wildman–Crippen LogP) is 4.03. The minimum Gasteiger partial charge on any atom is -0.331 e. The third-order valence-electron chi connectivity index (χ3n) is 4.30. The Balaban J connectivity index is 0.000000161. The molecule has 0 unspecified atom stereocenters. The van der Waals surface area contributed by atoms with Crippen molar-refractivity contribution >= 4 is 34.9 Å². The Labute approximate surface area is 174 Å². The molecule has 0 bridgehead atoms. The molecule has 1 aliphatic rings. The lowest BCUT2D eigenvalue weighted by Gasteiger charge is -2.12. The van der Waals surface area contributed by atoms with Crippen LogP contribution >= 0.6 is 23.2 Å². The van der Waals surface area contributed by atoms with Crippen molar-refractivity contribution < 1.29 is 13.9 Å². The minimum absolute atomic E-state index is 0.205. The van der Waals surface area contributed by atoms with Crippen molar-refractivity contribution in [3.63, 3.8) is 0 Å². The number of anilines is 1. The lowest BCUT2D eigenvalue weighted by atomic mass is 10.2. The van der Waals surface area contributed by atoms with Crippen LogP contribution in [0.3, 0.4) is 0 Å². The van der Waals surface area contributed by atoms with Gasteiger partial charge in [0.05, 0.1) is 10.0 Å². The van der Waals surface area contributed by atoms with E-state index in [0.29, 0.717) is 15.7 Å². The van der Waals surface area contributed by atoms with Crippen LogP contribution in [-0.4, -0.2) is 25.0 Å². The van der Waals surface area contributed by atoms with Gasteiger partial charge in [-0.1, -0.05) is 23.2 Å². The van der Waals surface area contributed by atoms with Crippen molar-refractivity contribution in [1.29, 1.82) is 0 Å². The van der Waals surface area contributed by atoms with E-state index in [2.05, 4.69) is 63.2 Å². The van der Waals surface area contributed by atoms with E-state index in [-0.39, 0.29) is 6.03 Å². The maximum absolute atomic E-state index is 11.2. The van der Waals surface area contributed by atoms with Gasteiger partial charge in [0.1, 0.15) is 0 Å². The Morgan fingerprint density at radius 3 is 1.96 bits per heavy atom. The lowest BCUT2D eigenvalue weighted by Crippen LogP contribution is -2.52. The fraction of sp³-hybridized carbons (Fsp3) is 0.190. The van der Waals surface area contributed by atoms with Gasteiger partial charge in [-0.2, -0.15) is 9.13 Å². The first kappa shape index (κ1) is 20.1. The number of urea groups is 1. The first-order valence-electron chi connectivity index (χ1n) is 8.86. The fourth-order valence-electron chi connectivity index (χ4n) is 2.83. The molecule has 7 heteroatoms. The highest BCUT2D eigenvalue weighted by atomic mass is 35.5. The van der Waals surface area contributed by atoms with Crippen LogP contribution in [0.4, 0.5) is 10.5 Å². The molecule has 2 aromatic heterocycles. The zero-order valence-electron chi connectivity index (χ0n) is 15.8. The number of benzene rings is 1. The van der Waals surface area contributed by atoms with E-state index in [1.54, 1.807) is 32.3 Å². The number of carbonyl (C=O) groups is 1. The summed E-state index contributed by atoms with van der Waals surface area (Å²) >= 11 is 11.5. The van der Waals surface area contributed by atoms with Crippen LogP contribution in [0.5, 0.6) is 0 Å². The van der Waals surface area contributed by atoms with E-state index in [1.165, 1.54) is 16.3 Å². The van der Waals surface area contributed by atoms with E-state index >= 15 is 0 Å². The molecule has 0 saturated carbocycles. The molecule has 5 nitrogen and oxygen atoms in total. The van der Waals surface area contributed by atoms with Gasteiger partial charge in [0, 0.05) is 44.0 Å². The summed E-state index contributed by atoms with van der Waals surface area (Å²) in [6.07, 6.45) is 4.29. The molecular weight excluding hydrogens is 395 g/mol. The summed E-state index contributed by atoms with van der Waals surface area (Å²) in [6, 6.07) is 17.4. The van der Waals surface area contributed by atoms with Crippen molar-refractivity contribution in [3.05, 3.63) is 77.0 Å². The first-order chi connectivity index (χ1) is 13.5. The molecule has 0 atom stereocenters. The van der Waals surface area contributed by atoms with Crippen LogP contribution in [0.25, 0.3) is 11.4 Å². The number of rotatable bonds is 1. The summed E-state index contributed by atoms with van der Waals surface area (Å²) in [6.45, 7) is 2.13. The Bertz CT molecular complexity index is 946. The van der Waals surface area contributed by atoms with Crippen LogP contribution in [0.1, 0.15) is 0 Å². The summed E-state index contributed by atoms with van der Waals surface area (Å²) in [5.74, 6) is 0. The highest BCUT2D eigenvalue weighted by molar-refractivity contribution is 6.42. The molecule has 2 amide bonds. The van der Waals surface area contributed by atoms with Gasteiger partial charge in [-0.25, -0.2) is 4.79 Å². The monoisotopic (exact) mass is 416 g/mol. The molecule has 1 aliphatic heterocycles. The zero-order chi connectivity index (χ0) is 20.1. The number of nitrogens with zero attached hydrogens (tertiary/aromatic N) is 3. The summed E-state index contributed by atoms with van der Waals surface area (Å²) in [5, 5.41) is 3.54. The third-order valence-corrected chi connectivity index (χ3v) is 5.04. The van der Waals surface area contributed by atoms with Crippen molar-refractivity contribution in [1.82, 2.24) is 4.90 Å². The van der Waals surface area contributed by atoms with Gasteiger partial charge < -0.3 is 10.2 Å². The second-order valence-electron chi connectivity index (χ2n) is 6.51. The van der Waals surface area contributed by atoms with Crippen LogP contribution in [0.15, 0.2) is 67.0 Å². The van der Waals surface area contributed by atoms with Crippen LogP contribution in [-0.2, 0) is 13.1 Å². The van der Waals surface area contributed by atoms with E-state index < -0.39 is 0 Å². The second kappa shape index (κ2) is 9.04. The first-order valence-corrected chi connectivity index (χ1v) is 9.62. The number of pyridine rings is 2. The molecule has 3 heterocycles. The summed E-state index contributed by atoms with van der Waals surface area (Å²) in [5.41, 5.74) is 3.23. The quantitative estimate of drug-likeness (QED) is 0.597. The third kappa shape index (κ3) is 4.80. The van der Waals surface area contributed by atoms with Gasteiger partial charge in [-0.15, -0.1) is 0 Å². The molecule has 0 spiro atoms. The van der Waals surface area contributed by atoms with Crippen molar-refractivity contribution in [2.75, 3.05) is 19.4 Å². The van der Waals surface area contributed by atoms with Crippen LogP contribution < -0.4 is 14.5 Å². The topological polar surface area (TPSA) is 40.1 Å². The van der Waals surface area contributed by atoms with Crippen LogP contribution in [0, 0.1) is 0 Å². The molecule has 144 valence electrons. The molecular formula is C21H22Cl2N4O+2. The number of amides is 2. The normalized spacial score (nSPS) is 11.4. The van der Waals surface area contributed by atoms with Gasteiger partial charge in [0.15, 0.2) is 12.4 Å². The van der Waals surface area contributed by atoms with E-state index in [0.717, 1.165) is 13.1 Å². The lowest BCUT2D eigenvalue weighted by molar-refractivity contribution is -0.794. The molecule has 1 aromatic carbocycles. The summed E-state index contributed by atoms with van der Waals surface area (Å²) in [4.78, 5) is 12.7. The summed E-state index contributed by atoms with van der Waals surface area (Å²) in [7, 11) is 3.32. The minimum atomic E-state index is -0.205. The van der Waals surface area contributed by atoms with Gasteiger partial charge in [-0.3, -0.25) is 0 Å². The molecule has 1 N–H and O–H groups in total. The van der Waals surface area contributed by atoms with Crippen LogP contribution in [0.2, 0.25) is 10.0 Å². The van der Waals surface area contributed by atoms with Gasteiger partial charge in [0.2, 0.25) is 13.1 Å². The molecule has 0 fully saturated rings. The van der Waals surface area contributed by atoms with Crippen molar-refractivity contribution in [2.24, 2.45) is 0 Å². The van der Waals surface area contributed by atoms with Gasteiger partial charge >= 0.3 is 6.03 Å². The average molecular weight is 417 g/mol. The van der Waals surface area contributed by atoms with Gasteiger partial charge in [0.25, 0.3) is 11.4 Å².